The molecule has 0 aliphatic carbocycles. The minimum Gasteiger partial charge on any atom is -0.382 e. The summed E-state index contributed by atoms with van der Waals surface area (Å²) in [6, 6.07) is 9.94. The van der Waals surface area contributed by atoms with Crippen LogP contribution >= 0.6 is 23.6 Å². The fraction of sp³-hybridized carbons (Fsp3) is 0.318. The molecule has 31 heavy (non-hydrogen) atoms. The molecule has 162 valence electrons. The summed E-state index contributed by atoms with van der Waals surface area (Å²) in [5, 5.41) is 10.0. The van der Waals surface area contributed by atoms with Crippen LogP contribution in [0.3, 0.4) is 0 Å². The van der Waals surface area contributed by atoms with E-state index < -0.39 is 6.04 Å². The van der Waals surface area contributed by atoms with Crippen molar-refractivity contribution in [2.24, 2.45) is 0 Å². The number of allylic oxidation sites excluding steroid dienone is 1. The number of hydrogen-bond acceptors (Lipinski definition) is 6. The Kier molecular flexibility index (Phi) is 6.74. The molecule has 9 heteroatoms. The maximum Gasteiger partial charge on any atom is 0.258 e. The Labute approximate surface area is 189 Å². The molecule has 0 radical (unpaired) electrons. The second-order valence-corrected chi connectivity index (χ2v) is 8.37. The Hall–Kier alpha value is -2.62. The number of rotatable bonds is 8. The van der Waals surface area contributed by atoms with Crippen molar-refractivity contribution < 1.29 is 13.7 Å². The minimum atomic E-state index is -0.400. The predicted molar refractivity (Wildman–Crippen MR) is 123 cm³/mol. The lowest BCUT2D eigenvalue weighted by atomic mass is 9.94. The number of ether oxygens (including phenoxy) is 1. The highest BCUT2D eigenvalue weighted by Gasteiger charge is 2.34. The third kappa shape index (κ3) is 4.68. The van der Waals surface area contributed by atoms with Gasteiger partial charge in [-0.2, -0.15) is 4.98 Å². The first kappa shape index (κ1) is 21.6. The van der Waals surface area contributed by atoms with Crippen molar-refractivity contribution in [3.8, 4) is 10.7 Å². The SMILES string of the molecule is CCOCCCN1C(=S)NC(c2cccc(F)c2)C(c2nc(-c3cccs3)no2)=C1C. The zero-order valence-electron chi connectivity index (χ0n) is 17.3. The van der Waals surface area contributed by atoms with Crippen molar-refractivity contribution in [3.63, 3.8) is 0 Å². The topological polar surface area (TPSA) is 63.4 Å². The Bertz CT molecular complexity index is 1080. The molecule has 0 spiro atoms. The first-order chi connectivity index (χ1) is 15.1. The molecule has 0 bridgehead atoms. The monoisotopic (exact) mass is 458 g/mol. The molecular weight excluding hydrogens is 435 g/mol. The largest absolute Gasteiger partial charge is 0.382 e. The number of thiophene rings is 1. The van der Waals surface area contributed by atoms with Gasteiger partial charge in [-0.1, -0.05) is 23.4 Å². The Morgan fingerprint density at radius 2 is 2.19 bits per heavy atom. The second kappa shape index (κ2) is 9.67. The van der Waals surface area contributed by atoms with Crippen molar-refractivity contribution in [3.05, 3.63) is 64.7 Å². The highest BCUT2D eigenvalue weighted by Crippen LogP contribution is 2.37. The molecule has 1 atom stereocenters. The lowest BCUT2D eigenvalue weighted by Crippen LogP contribution is -2.46. The van der Waals surface area contributed by atoms with Crippen LogP contribution in [-0.4, -0.2) is 39.9 Å². The maximum absolute atomic E-state index is 14.0. The van der Waals surface area contributed by atoms with E-state index in [4.69, 9.17) is 21.5 Å². The second-order valence-electron chi connectivity index (χ2n) is 7.04. The van der Waals surface area contributed by atoms with E-state index in [2.05, 4.69) is 15.5 Å². The molecular formula is C22H23FN4O2S2. The number of benzene rings is 1. The molecule has 0 saturated carbocycles. The molecule has 3 aromatic rings. The third-order valence-electron chi connectivity index (χ3n) is 5.05. The van der Waals surface area contributed by atoms with E-state index in [0.717, 1.165) is 28.1 Å². The summed E-state index contributed by atoms with van der Waals surface area (Å²) in [6.07, 6.45) is 0.815. The molecule has 2 aromatic heterocycles. The molecule has 0 fully saturated rings. The highest BCUT2D eigenvalue weighted by atomic mass is 32.1. The fourth-order valence-electron chi connectivity index (χ4n) is 3.57. The van der Waals surface area contributed by atoms with Gasteiger partial charge in [0.15, 0.2) is 5.11 Å². The van der Waals surface area contributed by atoms with Crippen LogP contribution in [-0.2, 0) is 4.74 Å². The predicted octanol–water partition coefficient (Wildman–Crippen LogP) is 5.03. The van der Waals surface area contributed by atoms with Gasteiger partial charge < -0.3 is 19.5 Å². The standard InChI is InChI=1S/C22H23FN4O2S2/c1-3-28-11-6-10-27-14(2)18(21-25-20(26-29-21)17-9-5-12-31-17)19(24-22(27)30)15-7-4-8-16(23)13-15/h4-5,7-9,12-13,19H,3,6,10-11H2,1-2H3,(H,24,30). The van der Waals surface area contributed by atoms with Gasteiger partial charge in [-0.05, 0) is 61.6 Å². The van der Waals surface area contributed by atoms with E-state index in [1.165, 1.54) is 12.1 Å². The van der Waals surface area contributed by atoms with Crippen LogP contribution in [0.4, 0.5) is 4.39 Å². The molecule has 6 nitrogen and oxygen atoms in total. The molecule has 4 rings (SSSR count). The average Bonchev–Trinajstić information content (AvgIpc) is 3.44. The van der Waals surface area contributed by atoms with Crippen LogP contribution in [0.2, 0.25) is 0 Å². The van der Waals surface area contributed by atoms with Crippen molar-refractivity contribution in [1.29, 1.82) is 0 Å². The Morgan fingerprint density at radius 3 is 2.94 bits per heavy atom. The van der Waals surface area contributed by atoms with Gasteiger partial charge in [-0.3, -0.25) is 0 Å². The number of hydrogen-bond donors (Lipinski definition) is 1. The van der Waals surface area contributed by atoms with Crippen LogP contribution in [0.5, 0.6) is 0 Å². The Balaban J connectivity index is 1.73. The van der Waals surface area contributed by atoms with Gasteiger partial charge in [0.05, 0.1) is 16.5 Å². The Morgan fingerprint density at radius 1 is 1.32 bits per heavy atom. The third-order valence-corrected chi connectivity index (χ3v) is 6.25. The molecule has 0 saturated heterocycles. The summed E-state index contributed by atoms with van der Waals surface area (Å²) in [7, 11) is 0. The maximum atomic E-state index is 14.0. The lowest BCUT2D eigenvalue weighted by Gasteiger charge is -2.37. The normalized spacial score (nSPS) is 16.7. The first-order valence-electron chi connectivity index (χ1n) is 10.1. The van der Waals surface area contributed by atoms with E-state index in [9.17, 15) is 4.39 Å². The van der Waals surface area contributed by atoms with Crippen molar-refractivity contribution in [2.45, 2.75) is 26.3 Å². The number of nitrogens with one attached hydrogen (secondary N) is 1. The van der Waals surface area contributed by atoms with Gasteiger partial charge in [0, 0.05) is 25.5 Å². The zero-order chi connectivity index (χ0) is 21.8. The van der Waals surface area contributed by atoms with Crippen LogP contribution < -0.4 is 5.32 Å². The van der Waals surface area contributed by atoms with E-state index in [1.54, 1.807) is 17.4 Å². The number of nitrogens with zero attached hydrogens (tertiary/aromatic N) is 3. The van der Waals surface area contributed by atoms with Crippen molar-refractivity contribution in [2.75, 3.05) is 19.8 Å². The smallest absolute Gasteiger partial charge is 0.258 e. The molecule has 3 heterocycles. The summed E-state index contributed by atoms with van der Waals surface area (Å²) in [5.74, 6) is 0.602. The molecule has 1 N–H and O–H groups in total. The number of aromatic nitrogens is 2. The van der Waals surface area contributed by atoms with E-state index in [-0.39, 0.29) is 5.82 Å². The summed E-state index contributed by atoms with van der Waals surface area (Å²) in [6.45, 7) is 5.96. The highest BCUT2D eigenvalue weighted by molar-refractivity contribution is 7.80. The van der Waals surface area contributed by atoms with Crippen LogP contribution in [0, 0.1) is 5.82 Å². The first-order valence-corrected chi connectivity index (χ1v) is 11.4. The molecule has 1 aromatic carbocycles. The molecule has 1 aliphatic rings. The van der Waals surface area contributed by atoms with Crippen molar-refractivity contribution in [1.82, 2.24) is 20.4 Å². The van der Waals surface area contributed by atoms with Gasteiger partial charge in [-0.15, -0.1) is 11.3 Å². The summed E-state index contributed by atoms with van der Waals surface area (Å²) < 4.78 is 25.1. The molecule has 1 unspecified atom stereocenters. The van der Waals surface area contributed by atoms with Crippen LogP contribution in [0.1, 0.15) is 37.8 Å². The van der Waals surface area contributed by atoms with Gasteiger partial charge in [0.2, 0.25) is 5.82 Å². The average molecular weight is 459 g/mol. The van der Waals surface area contributed by atoms with Gasteiger partial charge in [0.1, 0.15) is 5.82 Å². The molecule has 0 amide bonds. The summed E-state index contributed by atoms with van der Waals surface area (Å²) >= 11 is 7.19. The van der Waals surface area contributed by atoms with Crippen LogP contribution in [0.15, 0.2) is 52.0 Å². The van der Waals surface area contributed by atoms with Crippen molar-refractivity contribution >= 4 is 34.2 Å². The minimum absolute atomic E-state index is 0.314. The van der Waals surface area contributed by atoms with Crippen LogP contribution in [0.25, 0.3) is 16.3 Å². The van der Waals surface area contributed by atoms with Gasteiger partial charge in [0.25, 0.3) is 5.89 Å². The fourth-order valence-corrected chi connectivity index (χ4v) is 4.57. The lowest BCUT2D eigenvalue weighted by molar-refractivity contribution is 0.141. The molecule has 1 aliphatic heterocycles. The zero-order valence-corrected chi connectivity index (χ0v) is 18.9. The number of halogens is 1. The van der Waals surface area contributed by atoms with E-state index in [1.807, 2.05) is 42.3 Å². The van der Waals surface area contributed by atoms with E-state index in [0.29, 0.717) is 36.6 Å². The quantitative estimate of drug-likeness (QED) is 0.375. The van der Waals surface area contributed by atoms with Gasteiger partial charge >= 0.3 is 0 Å². The van der Waals surface area contributed by atoms with Gasteiger partial charge in [-0.25, -0.2) is 4.39 Å². The number of thiocarbonyl (C=S) groups is 1. The summed E-state index contributed by atoms with van der Waals surface area (Å²) in [4.78, 5) is 7.57. The van der Waals surface area contributed by atoms with E-state index >= 15 is 0 Å². The summed E-state index contributed by atoms with van der Waals surface area (Å²) in [5.41, 5.74) is 2.42.